The summed E-state index contributed by atoms with van der Waals surface area (Å²) in [5.41, 5.74) is 3.46. The molecule has 1 aromatic heterocycles. The van der Waals surface area contributed by atoms with E-state index in [1.54, 1.807) is 14.1 Å². The summed E-state index contributed by atoms with van der Waals surface area (Å²) in [6.45, 7) is 6.43. The summed E-state index contributed by atoms with van der Waals surface area (Å²) in [4.78, 5) is 13.0. The second-order valence-corrected chi connectivity index (χ2v) is 5.07. The van der Waals surface area contributed by atoms with E-state index in [1.165, 1.54) is 16.2 Å². The Kier molecular flexibility index (Phi) is 3.56. The van der Waals surface area contributed by atoms with E-state index in [0.717, 1.165) is 18.8 Å². The summed E-state index contributed by atoms with van der Waals surface area (Å²) in [5.74, 6) is 0. The van der Waals surface area contributed by atoms with Gasteiger partial charge in [-0.25, -0.2) is 4.79 Å². The lowest BCUT2D eigenvalue weighted by Crippen LogP contribution is -2.34. The van der Waals surface area contributed by atoms with Crippen molar-refractivity contribution in [2.45, 2.75) is 39.5 Å². The Morgan fingerprint density at radius 2 is 2.22 bits per heavy atom. The molecule has 0 aromatic carbocycles. The fraction of sp³-hybridized carbons (Fsp3) is 0.667. The normalized spacial score (nSPS) is 13.8. The van der Waals surface area contributed by atoms with Crippen molar-refractivity contribution in [1.82, 2.24) is 25.3 Å². The van der Waals surface area contributed by atoms with Crippen molar-refractivity contribution in [2.24, 2.45) is 0 Å². The number of aromatic nitrogens is 2. The Morgan fingerprint density at radius 3 is 2.83 bits per heavy atom. The van der Waals surface area contributed by atoms with Gasteiger partial charge in [0.05, 0.1) is 17.9 Å². The van der Waals surface area contributed by atoms with Gasteiger partial charge in [0, 0.05) is 38.8 Å². The van der Waals surface area contributed by atoms with Crippen LogP contribution in [0.25, 0.3) is 0 Å². The molecule has 2 rings (SSSR count). The first kappa shape index (κ1) is 12.9. The molecule has 0 fully saturated rings. The van der Waals surface area contributed by atoms with Gasteiger partial charge in [0.1, 0.15) is 0 Å². The number of carbonyl (C=O) groups is 1. The van der Waals surface area contributed by atoms with E-state index in [-0.39, 0.29) is 6.03 Å². The predicted octanol–water partition coefficient (Wildman–Crippen LogP) is 0.838. The SMILES string of the molecule is CC(C)n1nc(CNC(=O)N(C)C)c2c1CNC2. The maximum absolute atomic E-state index is 11.5. The fourth-order valence-corrected chi connectivity index (χ4v) is 2.14. The number of nitrogens with one attached hydrogen (secondary N) is 2. The van der Waals surface area contributed by atoms with Gasteiger partial charge in [0.15, 0.2) is 0 Å². The van der Waals surface area contributed by atoms with E-state index in [0.29, 0.717) is 12.6 Å². The number of amides is 2. The summed E-state index contributed by atoms with van der Waals surface area (Å²) in [7, 11) is 3.46. The molecule has 1 aliphatic heterocycles. The summed E-state index contributed by atoms with van der Waals surface area (Å²) in [5, 5.41) is 10.8. The number of fused-ring (bicyclic) bond motifs is 1. The Hall–Kier alpha value is -1.56. The molecule has 6 heteroatoms. The highest BCUT2D eigenvalue weighted by molar-refractivity contribution is 5.73. The van der Waals surface area contributed by atoms with Crippen LogP contribution in [0.2, 0.25) is 0 Å². The number of carbonyl (C=O) groups excluding carboxylic acids is 1. The van der Waals surface area contributed by atoms with Crippen LogP contribution in [0.3, 0.4) is 0 Å². The van der Waals surface area contributed by atoms with Crippen LogP contribution in [0.15, 0.2) is 0 Å². The first-order chi connectivity index (χ1) is 8.50. The third-order valence-corrected chi connectivity index (χ3v) is 3.10. The molecule has 6 nitrogen and oxygen atoms in total. The van der Waals surface area contributed by atoms with Gasteiger partial charge in [-0.3, -0.25) is 4.68 Å². The van der Waals surface area contributed by atoms with Crippen LogP contribution in [0.4, 0.5) is 4.79 Å². The molecule has 0 saturated carbocycles. The van der Waals surface area contributed by atoms with E-state index in [1.807, 2.05) is 4.68 Å². The van der Waals surface area contributed by atoms with Gasteiger partial charge >= 0.3 is 6.03 Å². The zero-order valence-corrected chi connectivity index (χ0v) is 11.4. The zero-order valence-electron chi connectivity index (χ0n) is 11.4. The highest BCUT2D eigenvalue weighted by Gasteiger charge is 2.23. The molecule has 2 amide bonds. The van der Waals surface area contributed by atoms with Gasteiger partial charge in [-0.2, -0.15) is 5.10 Å². The van der Waals surface area contributed by atoms with Gasteiger partial charge in [-0.15, -0.1) is 0 Å². The largest absolute Gasteiger partial charge is 0.332 e. The van der Waals surface area contributed by atoms with Gasteiger partial charge in [0.25, 0.3) is 0 Å². The Labute approximate surface area is 107 Å². The van der Waals surface area contributed by atoms with Crippen LogP contribution in [-0.4, -0.2) is 34.8 Å². The first-order valence-electron chi connectivity index (χ1n) is 6.25. The minimum Gasteiger partial charge on any atom is -0.332 e. The molecule has 0 bridgehead atoms. The quantitative estimate of drug-likeness (QED) is 0.836. The van der Waals surface area contributed by atoms with Gasteiger partial charge in [0.2, 0.25) is 0 Å². The molecule has 0 radical (unpaired) electrons. The molecular formula is C12H21N5O. The first-order valence-corrected chi connectivity index (χ1v) is 6.25. The second kappa shape index (κ2) is 4.97. The Morgan fingerprint density at radius 1 is 1.50 bits per heavy atom. The van der Waals surface area contributed by atoms with Crippen molar-refractivity contribution >= 4 is 6.03 Å². The molecule has 2 N–H and O–H groups in total. The second-order valence-electron chi connectivity index (χ2n) is 5.07. The van der Waals surface area contributed by atoms with Crippen molar-refractivity contribution in [2.75, 3.05) is 14.1 Å². The molecule has 100 valence electrons. The zero-order chi connectivity index (χ0) is 13.3. The van der Waals surface area contributed by atoms with Gasteiger partial charge in [-0.1, -0.05) is 0 Å². The van der Waals surface area contributed by atoms with Crippen LogP contribution in [-0.2, 0) is 19.6 Å². The van der Waals surface area contributed by atoms with Crippen LogP contribution in [0, 0.1) is 0 Å². The number of hydrogen-bond donors (Lipinski definition) is 2. The summed E-state index contributed by atoms with van der Waals surface area (Å²) >= 11 is 0. The van der Waals surface area contributed by atoms with Crippen LogP contribution in [0.1, 0.15) is 36.8 Å². The summed E-state index contributed by atoms with van der Waals surface area (Å²) in [6.07, 6.45) is 0. The standard InChI is InChI=1S/C12H21N5O/c1-8(2)17-11-7-13-5-9(11)10(15-17)6-14-12(18)16(3)4/h8,13H,5-7H2,1-4H3,(H,14,18). The minimum absolute atomic E-state index is 0.0891. The number of hydrogen-bond acceptors (Lipinski definition) is 3. The lowest BCUT2D eigenvalue weighted by molar-refractivity contribution is 0.217. The maximum Gasteiger partial charge on any atom is 0.317 e. The van der Waals surface area contributed by atoms with E-state index in [4.69, 9.17) is 0 Å². The topological polar surface area (TPSA) is 62.2 Å². The third kappa shape index (κ3) is 2.33. The van der Waals surface area contributed by atoms with E-state index < -0.39 is 0 Å². The monoisotopic (exact) mass is 251 g/mol. The predicted molar refractivity (Wildman–Crippen MR) is 69.1 cm³/mol. The highest BCUT2D eigenvalue weighted by Crippen LogP contribution is 2.22. The smallest absolute Gasteiger partial charge is 0.317 e. The molecule has 2 heterocycles. The minimum atomic E-state index is -0.0891. The molecule has 1 aromatic rings. The van der Waals surface area contributed by atoms with Crippen molar-refractivity contribution in [1.29, 1.82) is 0 Å². The Bertz CT molecular complexity index is 450. The van der Waals surface area contributed by atoms with Crippen LogP contribution >= 0.6 is 0 Å². The average Bonchev–Trinajstić information content (AvgIpc) is 2.86. The molecule has 0 saturated heterocycles. The van der Waals surface area contributed by atoms with E-state index in [9.17, 15) is 4.79 Å². The highest BCUT2D eigenvalue weighted by atomic mass is 16.2. The molecule has 0 unspecified atom stereocenters. The lowest BCUT2D eigenvalue weighted by Gasteiger charge is -2.11. The summed E-state index contributed by atoms with van der Waals surface area (Å²) < 4.78 is 2.05. The Balaban J connectivity index is 2.14. The number of urea groups is 1. The van der Waals surface area contributed by atoms with Gasteiger partial charge < -0.3 is 15.5 Å². The third-order valence-electron chi connectivity index (χ3n) is 3.10. The van der Waals surface area contributed by atoms with Gasteiger partial charge in [-0.05, 0) is 13.8 Å². The molecule has 1 aliphatic rings. The molecule has 0 atom stereocenters. The number of nitrogens with zero attached hydrogens (tertiary/aromatic N) is 3. The molecular weight excluding hydrogens is 230 g/mol. The van der Waals surface area contributed by atoms with Crippen molar-refractivity contribution < 1.29 is 4.79 Å². The molecule has 0 aliphatic carbocycles. The lowest BCUT2D eigenvalue weighted by atomic mass is 10.2. The van der Waals surface area contributed by atoms with E-state index >= 15 is 0 Å². The van der Waals surface area contributed by atoms with Crippen molar-refractivity contribution in [3.05, 3.63) is 17.0 Å². The molecule has 0 spiro atoms. The van der Waals surface area contributed by atoms with Crippen LogP contribution < -0.4 is 10.6 Å². The average molecular weight is 251 g/mol. The maximum atomic E-state index is 11.5. The molecule has 18 heavy (non-hydrogen) atoms. The fourth-order valence-electron chi connectivity index (χ4n) is 2.14. The number of rotatable bonds is 3. The van der Waals surface area contributed by atoms with Crippen molar-refractivity contribution in [3.63, 3.8) is 0 Å². The summed E-state index contributed by atoms with van der Waals surface area (Å²) in [6, 6.07) is 0.255. The van der Waals surface area contributed by atoms with E-state index in [2.05, 4.69) is 29.6 Å². The van der Waals surface area contributed by atoms with Crippen LogP contribution in [0.5, 0.6) is 0 Å². The van der Waals surface area contributed by atoms with Crippen molar-refractivity contribution in [3.8, 4) is 0 Å².